The maximum atomic E-state index is 12.7. The number of amides is 1. The van der Waals surface area contributed by atoms with Crippen LogP contribution in [-0.4, -0.2) is 56.6 Å². The number of halogens is 1. The van der Waals surface area contributed by atoms with E-state index in [1.807, 2.05) is 6.07 Å². The Balaban J connectivity index is 1.64. The van der Waals surface area contributed by atoms with Gasteiger partial charge in [0.2, 0.25) is 10.0 Å². The molecular formula is C17H20ClN3O3S2. The van der Waals surface area contributed by atoms with Gasteiger partial charge in [0.15, 0.2) is 0 Å². The van der Waals surface area contributed by atoms with Crippen molar-refractivity contribution in [1.82, 2.24) is 9.80 Å². The van der Waals surface area contributed by atoms with Gasteiger partial charge in [-0.25, -0.2) is 8.42 Å². The number of carbonyl (C=O) groups excluding carboxylic acids is 1. The molecule has 1 fully saturated rings. The molecule has 1 aromatic heterocycles. The van der Waals surface area contributed by atoms with Crippen LogP contribution in [0.15, 0.2) is 35.7 Å². The number of nitrogens with zero attached hydrogens (tertiary/aromatic N) is 2. The molecule has 6 nitrogen and oxygen atoms in total. The second-order valence-corrected chi connectivity index (χ2v) is 9.40. The van der Waals surface area contributed by atoms with Gasteiger partial charge in [-0.3, -0.25) is 14.4 Å². The normalized spacial score (nSPS) is 15.8. The Morgan fingerprint density at radius 2 is 1.96 bits per heavy atom. The summed E-state index contributed by atoms with van der Waals surface area (Å²) in [6.07, 6.45) is 1.05. The summed E-state index contributed by atoms with van der Waals surface area (Å²) in [4.78, 5) is 18.2. The molecule has 1 aliphatic heterocycles. The molecule has 0 spiro atoms. The molecule has 2 heterocycles. The van der Waals surface area contributed by atoms with Crippen molar-refractivity contribution >= 4 is 44.6 Å². The molecule has 0 unspecified atom stereocenters. The average molecular weight is 414 g/mol. The Labute approximate surface area is 162 Å². The highest BCUT2D eigenvalue weighted by atomic mass is 35.5. The van der Waals surface area contributed by atoms with Crippen molar-refractivity contribution in [2.45, 2.75) is 6.54 Å². The minimum absolute atomic E-state index is 0.117. The van der Waals surface area contributed by atoms with Gasteiger partial charge in [-0.05, 0) is 29.6 Å². The van der Waals surface area contributed by atoms with Crippen LogP contribution in [0.2, 0.25) is 5.02 Å². The fraction of sp³-hybridized carbons (Fsp3) is 0.353. The zero-order valence-corrected chi connectivity index (χ0v) is 16.7. The predicted octanol–water partition coefficient (Wildman–Crippen LogP) is 2.73. The lowest BCUT2D eigenvalue weighted by molar-refractivity contribution is 0.0629. The first-order valence-electron chi connectivity index (χ1n) is 8.13. The Bertz CT molecular complexity index is 877. The molecule has 0 atom stereocenters. The number of anilines is 1. The summed E-state index contributed by atoms with van der Waals surface area (Å²) < 4.78 is 25.2. The molecule has 0 bridgehead atoms. The van der Waals surface area contributed by atoms with Gasteiger partial charge in [0.05, 0.1) is 17.0 Å². The molecule has 1 saturated heterocycles. The smallest absolute Gasteiger partial charge is 0.254 e. The molecule has 26 heavy (non-hydrogen) atoms. The highest BCUT2D eigenvalue weighted by Crippen LogP contribution is 2.25. The van der Waals surface area contributed by atoms with E-state index in [-0.39, 0.29) is 16.6 Å². The lowest BCUT2D eigenvalue weighted by atomic mass is 10.1. The van der Waals surface area contributed by atoms with Gasteiger partial charge in [0.25, 0.3) is 5.91 Å². The molecule has 140 valence electrons. The van der Waals surface area contributed by atoms with Gasteiger partial charge >= 0.3 is 0 Å². The highest BCUT2D eigenvalue weighted by Gasteiger charge is 2.23. The topological polar surface area (TPSA) is 69.7 Å². The summed E-state index contributed by atoms with van der Waals surface area (Å²) in [6, 6.07) is 8.81. The van der Waals surface area contributed by atoms with Crippen molar-refractivity contribution in [1.29, 1.82) is 0 Å². The molecule has 1 N–H and O–H groups in total. The number of thiophene rings is 1. The molecule has 0 aliphatic carbocycles. The molecule has 0 radical (unpaired) electrons. The van der Waals surface area contributed by atoms with E-state index in [0.717, 1.165) is 25.9 Å². The van der Waals surface area contributed by atoms with Crippen LogP contribution < -0.4 is 4.72 Å². The Kier molecular flexibility index (Phi) is 5.86. The number of rotatable bonds is 5. The minimum atomic E-state index is -3.46. The van der Waals surface area contributed by atoms with Crippen LogP contribution >= 0.6 is 22.9 Å². The summed E-state index contributed by atoms with van der Waals surface area (Å²) in [5.74, 6) is -0.117. The van der Waals surface area contributed by atoms with Crippen molar-refractivity contribution in [2.24, 2.45) is 0 Å². The third kappa shape index (κ3) is 4.97. The number of hydrogen-bond donors (Lipinski definition) is 1. The number of benzene rings is 1. The van der Waals surface area contributed by atoms with E-state index in [0.29, 0.717) is 18.7 Å². The minimum Gasteiger partial charge on any atom is -0.336 e. The van der Waals surface area contributed by atoms with Crippen LogP contribution in [0.25, 0.3) is 0 Å². The Hall–Kier alpha value is -1.61. The summed E-state index contributed by atoms with van der Waals surface area (Å²) in [5.41, 5.74) is 0.642. The summed E-state index contributed by atoms with van der Waals surface area (Å²) in [6.45, 7) is 3.81. The Morgan fingerprint density at radius 1 is 1.23 bits per heavy atom. The van der Waals surface area contributed by atoms with Crippen LogP contribution in [-0.2, 0) is 16.6 Å². The van der Waals surface area contributed by atoms with Crippen molar-refractivity contribution < 1.29 is 13.2 Å². The molecule has 3 rings (SSSR count). The van der Waals surface area contributed by atoms with Gasteiger partial charge in [-0.1, -0.05) is 17.7 Å². The number of sulfonamides is 1. The second-order valence-electron chi connectivity index (χ2n) is 6.22. The first kappa shape index (κ1) is 19.2. The van der Waals surface area contributed by atoms with Crippen molar-refractivity contribution in [3.8, 4) is 0 Å². The molecule has 9 heteroatoms. The van der Waals surface area contributed by atoms with Gasteiger partial charge < -0.3 is 4.90 Å². The summed E-state index contributed by atoms with van der Waals surface area (Å²) in [5, 5.41) is 2.32. The Morgan fingerprint density at radius 3 is 2.58 bits per heavy atom. The third-order valence-electron chi connectivity index (χ3n) is 4.13. The molecule has 1 aromatic carbocycles. The molecule has 1 aliphatic rings. The van der Waals surface area contributed by atoms with E-state index in [1.54, 1.807) is 22.3 Å². The van der Waals surface area contributed by atoms with E-state index in [2.05, 4.69) is 21.1 Å². The number of piperazine rings is 1. The third-order valence-corrected chi connectivity index (χ3v) is 5.91. The van der Waals surface area contributed by atoms with Crippen LogP contribution in [0.4, 0.5) is 5.69 Å². The van der Waals surface area contributed by atoms with Crippen molar-refractivity contribution in [3.63, 3.8) is 0 Å². The quantitative estimate of drug-likeness (QED) is 0.818. The van der Waals surface area contributed by atoms with E-state index >= 15 is 0 Å². The van der Waals surface area contributed by atoms with E-state index in [1.165, 1.54) is 17.0 Å². The standard InChI is InChI=1S/C17H20ClN3O3S2/c1-26(23,24)19-16-11-13(4-5-15(16)18)17(22)21-8-6-20(7-9-21)12-14-3-2-10-25-14/h2-5,10-11,19H,6-9,12H2,1H3. The lowest BCUT2D eigenvalue weighted by Crippen LogP contribution is -2.48. The molecule has 0 saturated carbocycles. The second kappa shape index (κ2) is 7.96. The van der Waals surface area contributed by atoms with Crippen molar-refractivity contribution in [2.75, 3.05) is 37.2 Å². The maximum absolute atomic E-state index is 12.7. The highest BCUT2D eigenvalue weighted by molar-refractivity contribution is 7.92. The van der Waals surface area contributed by atoms with Gasteiger partial charge in [-0.15, -0.1) is 11.3 Å². The van der Waals surface area contributed by atoms with Gasteiger partial charge in [0.1, 0.15) is 0 Å². The zero-order valence-electron chi connectivity index (χ0n) is 14.3. The van der Waals surface area contributed by atoms with Crippen LogP contribution in [0.1, 0.15) is 15.2 Å². The largest absolute Gasteiger partial charge is 0.336 e. The van der Waals surface area contributed by atoms with E-state index in [9.17, 15) is 13.2 Å². The number of carbonyl (C=O) groups is 1. The molecule has 2 aromatic rings. The predicted molar refractivity (Wildman–Crippen MR) is 105 cm³/mol. The summed E-state index contributed by atoms with van der Waals surface area (Å²) in [7, 11) is -3.46. The first-order chi connectivity index (χ1) is 12.3. The van der Waals surface area contributed by atoms with Gasteiger partial charge in [-0.2, -0.15) is 0 Å². The maximum Gasteiger partial charge on any atom is 0.254 e. The van der Waals surface area contributed by atoms with Crippen LogP contribution in [0.5, 0.6) is 0 Å². The average Bonchev–Trinajstić information content (AvgIpc) is 3.09. The fourth-order valence-corrected chi connectivity index (χ4v) is 4.39. The summed E-state index contributed by atoms with van der Waals surface area (Å²) >= 11 is 7.76. The van der Waals surface area contributed by atoms with Crippen LogP contribution in [0, 0.1) is 0 Å². The number of hydrogen-bond acceptors (Lipinski definition) is 5. The zero-order chi connectivity index (χ0) is 18.7. The van der Waals surface area contributed by atoms with Crippen LogP contribution in [0.3, 0.4) is 0 Å². The molecule has 1 amide bonds. The lowest BCUT2D eigenvalue weighted by Gasteiger charge is -2.34. The molecular weight excluding hydrogens is 394 g/mol. The fourth-order valence-electron chi connectivity index (χ4n) is 2.85. The van der Waals surface area contributed by atoms with E-state index < -0.39 is 10.0 Å². The number of nitrogens with one attached hydrogen (secondary N) is 1. The van der Waals surface area contributed by atoms with E-state index in [4.69, 9.17) is 11.6 Å². The monoisotopic (exact) mass is 413 g/mol. The first-order valence-corrected chi connectivity index (χ1v) is 11.3. The van der Waals surface area contributed by atoms with Crippen molar-refractivity contribution in [3.05, 3.63) is 51.2 Å². The SMILES string of the molecule is CS(=O)(=O)Nc1cc(C(=O)N2CCN(Cc3cccs3)CC2)ccc1Cl. The van der Waals surface area contributed by atoms with Gasteiger partial charge in [0, 0.05) is 43.2 Å².